The van der Waals surface area contributed by atoms with Crippen molar-refractivity contribution in [1.82, 2.24) is 0 Å². The zero-order valence-corrected chi connectivity index (χ0v) is 16.3. The number of carbonyl (C=O) groups is 1. The lowest BCUT2D eigenvalue weighted by molar-refractivity contribution is -0.135. The molecular weight excluding hydrogens is 376 g/mol. The Labute approximate surface area is 173 Å². The maximum Gasteiger partial charge on any atom is 0.339 e. The Morgan fingerprint density at radius 2 is 1.47 bits per heavy atom. The topological polar surface area (TPSA) is 56.5 Å². The van der Waals surface area contributed by atoms with Crippen molar-refractivity contribution in [2.45, 2.75) is 25.2 Å². The maximum atomic E-state index is 13.2. The van der Waals surface area contributed by atoms with Crippen LogP contribution in [0.25, 0.3) is 11.0 Å². The minimum absolute atomic E-state index is 0.287. The summed E-state index contributed by atoms with van der Waals surface area (Å²) < 4.78 is 11.3. The highest BCUT2D eigenvalue weighted by Gasteiger charge is 2.25. The van der Waals surface area contributed by atoms with Gasteiger partial charge in [-0.05, 0) is 48.1 Å². The Bertz CT molecular complexity index is 1230. The molecule has 5 rings (SSSR count). The molecule has 0 fully saturated rings. The molecule has 0 atom stereocenters. The third-order valence-corrected chi connectivity index (χ3v) is 5.67. The highest BCUT2D eigenvalue weighted by molar-refractivity contribution is 5.87. The molecule has 4 heteroatoms. The molecule has 0 saturated carbocycles. The van der Waals surface area contributed by atoms with Crippen molar-refractivity contribution in [3.05, 3.63) is 112 Å². The first-order chi connectivity index (χ1) is 14.7. The van der Waals surface area contributed by atoms with Crippen LogP contribution in [0.1, 0.15) is 34.6 Å². The molecule has 0 aliphatic heterocycles. The summed E-state index contributed by atoms with van der Waals surface area (Å²) in [7, 11) is 0. The number of ether oxygens (including phenoxy) is 1. The van der Waals surface area contributed by atoms with E-state index < -0.39 is 5.92 Å². The molecule has 4 nitrogen and oxygen atoms in total. The van der Waals surface area contributed by atoms with E-state index in [1.54, 1.807) is 12.1 Å². The van der Waals surface area contributed by atoms with Crippen LogP contribution in [0.5, 0.6) is 5.75 Å². The van der Waals surface area contributed by atoms with E-state index >= 15 is 0 Å². The molecular formula is C26H20O4. The van der Waals surface area contributed by atoms with Gasteiger partial charge in [-0.1, -0.05) is 60.7 Å². The van der Waals surface area contributed by atoms with Gasteiger partial charge in [-0.25, -0.2) is 4.79 Å². The van der Waals surface area contributed by atoms with Crippen LogP contribution in [0.4, 0.5) is 0 Å². The lowest BCUT2D eigenvalue weighted by Crippen LogP contribution is -2.20. The van der Waals surface area contributed by atoms with Crippen molar-refractivity contribution in [3.63, 3.8) is 0 Å². The van der Waals surface area contributed by atoms with E-state index in [0.717, 1.165) is 46.9 Å². The number of hydrogen-bond acceptors (Lipinski definition) is 4. The maximum absolute atomic E-state index is 13.2. The number of aryl methyl sites for hydroxylation is 1. The molecule has 4 aromatic rings. The second-order valence-corrected chi connectivity index (χ2v) is 7.53. The number of fused-ring (bicyclic) bond motifs is 3. The number of hydrogen-bond donors (Lipinski definition) is 0. The normalized spacial score (nSPS) is 12.8. The van der Waals surface area contributed by atoms with Crippen LogP contribution < -0.4 is 10.4 Å². The minimum Gasteiger partial charge on any atom is -0.426 e. The second-order valence-electron chi connectivity index (χ2n) is 7.53. The Hall–Kier alpha value is -3.66. The Balaban J connectivity index is 1.51. The van der Waals surface area contributed by atoms with E-state index in [9.17, 15) is 9.59 Å². The van der Waals surface area contributed by atoms with Gasteiger partial charge in [0.15, 0.2) is 0 Å². The van der Waals surface area contributed by atoms with Crippen molar-refractivity contribution in [3.8, 4) is 5.75 Å². The molecule has 0 spiro atoms. The van der Waals surface area contributed by atoms with Crippen molar-refractivity contribution >= 4 is 16.9 Å². The van der Waals surface area contributed by atoms with Gasteiger partial charge in [0.1, 0.15) is 17.3 Å². The van der Waals surface area contributed by atoms with Crippen molar-refractivity contribution in [1.29, 1.82) is 0 Å². The third-order valence-electron chi connectivity index (χ3n) is 5.67. The number of rotatable bonds is 4. The molecule has 1 aliphatic carbocycles. The Morgan fingerprint density at radius 1 is 0.833 bits per heavy atom. The van der Waals surface area contributed by atoms with Crippen molar-refractivity contribution < 1.29 is 13.9 Å². The largest absolute Gasteiger partial charge is 0.426 e. The number of benzene rings is 3. The summed E-state index contributed by atoms with van der Waals surface area (Å²) in [5.41, 5.74) is 3.73. The summed E-state index contributed by atoms with van der Waals surface area (Å²) in [6, 6.07) is 24.4. The predicted octanol–water partition coefficient (Wildman–Crippen LogP) is 5.02. The van der Waals surface area contributed by atoms with Crippen LogP contribution in [0.2, 0.25) is 0 Å². The molecule has 30 heavy (non-hydrogen) atoms. The van der Waals surface area contributed by atoms with E-state index in [1.165, 1.54) is 0 Å². The lowest BCUT2D eigenvalue weighted by atomic mass is 9.91. The van der Waals surface area contributed by atoms with Gasteiger partial charge in [-0.15, -0.1) is 0 Å². The highest BCUT2D eigenvalue weighted by atomic mass is 16.5. The number of carbonyl (C=O) groups excluding carboxylic acids is 1. The summed E-state index contributed by atoms with van der Waals surface area (Å²) in [5, 5.41) is 0.921. The van der Waals surface area contributed by atoms with Crippen LogP contribution in [0, 0.1) is 0 Å². The van der Waals surface area contributed by atoms with Crippen molar-refractivity contribution in [2.24, 2.45) is 0 Å². The van der Waals surface area contributed by atoms with E-state index in [4.69, 9.17) is 9.15 Å². The molecule has 0 bridgehead atoms. The van der Waals surface area contributed by atoms with Crippen LogP contribution in [-0.4, -0.2) is 5.97 Å². The van der Waals surface area contributed by atoms with E-state index in [0.29, 0.717) is 11.3 Å². The Morgan fingerprint density at radius 3 is 2.13 bits per heavy atom. The standard InChI is InChI=1S/C26H20O4/c27-25-22-13-7-12-20(22)21-15-14-19(16-23(21)30-25)29-26(28)24(17-8-3-1-4-9-17)18-10-5-2-6-11-18/h1-6,8-11,14-16,24H,7,12-13H2. The molecule has 1 heterocycles. The van der Waals surface area contributed by atoms with Gasteiger partial charge >= 0.3 is 11.6 Å². The van der Waals surface area contributed by atoms with Gasteiger partial charge in [0.25, 0.3) is 0 Å². The van der Waals surface area contributed by atoms with Gasteiger partial charge in [-0.2, -0.15) is 0 Å². The van der Waals surface area contributed by atoms with Gasteiger partial charge in [0.05, 0.1) is 0 Å². The fourth-order valence-electron chi connectivity index (χ4n) is 4.26. The average Bonchev–Trinajstić information content (AvgIpc) is 3.26. The monoisotopic (exact) mass is 396 g/mol. The molecule has 3 aromatic carbocycles. The first-order valence-corrected chi connectivity index (χ1v) is 10.1. The van der Waals surface area contributed by atoms with Gasteiger partial charge in [-0.3, -0.25) is 4.79 Å². The zero-order chi connectivity index (χ0) is 20.5. The molecule has 148 valence electrons. The average molecular weight is 396 g/mol. The van der Waals surface area contributed by atoms with E-state index in [-0.39, 0.29) is 11.6 Å². The molecule has 0 saturated heterocycles. The summed E-state index contributed by atoms with van der Waals surface area (Å²) in [4.78, 5) is 25.5. The highest BCUT2D eigenvalue weighted by Crippen LogP contribution is 2.31. The van der Waals surface area contributed by atoms with Gasteiger partial charge < -0.3 is 9.15 Å². The van der Waals surface area contributed by atoms with Crippen LogP contribution in [0.15, 0.2) is 88.1 Å². The first-order valence-electron chi connectivity index (χ1n) is 10.1. The van der Waals surface area contributed by atoms with Crippen LogP contribution in [0.3, 0.4) is 0 Å². The zero-order valence-electron chi connectivity index (χ0n) is 16.3. The molecule has 1 aliphatic rings. The molecule has 0 amide bonds. The lowest BCUT2D eigenvalue weighted by Gasteiger charge is -2.17. The quantitative estimate of drug-likeness (QED) is 0.276. The van der Waals surface area contributed by atoms with Crippen molar-refractivity contribution in [2.75, 3.05) is 0 Å². The van der Waals surface area contributed by atoms with Gasteiger partial charge in [0, 0.05) is 17.0 Å². The summed E-state index contributed by atoms with van der Waals surface area (Å²) in [6.07, 6.45) is 2.60. The predicted molar refractivity (Wildman–Crippen MR) is 115 cm³/mol. The molecule has 0 N–H and O–H groups in total. The van der Waals surface area contributed by atoms with Crippen LogP contribution >= 0.6 is 0 Å². The molecule has 0 unspecified atom stereocenters. The smallest absolute Gasteiger partial charge is 0.339 e. The summed E-state index contributed by atoms with van der Waals surface area (Å²) >= 11 is 0. The minimum atomic E-state index is -0.546. The fourth-order valence-corrected chi connectivity index (χ4v) is 4.26. The van der Waals surface area contributed by atoms with E-state index in [2.05, 4.69) is 0 Å². The molecule has 0 radical (unpaired) electrons. The van der Waals surface area contributed by atoms with Crippen LogP contribution in [-0.2, 0) is 17.6 Å². The SMILES string of the molecule is O=C(Oc1ccc2c3c(c(=O)oc2c1)CCC3)C(c1ccccc1)c1ccccc1. The molecule has 1 aromatic heterocycles. The van der Waals surface area contributed by atoms with Gasteiger partial charge in [0.2, 0.25) is 0 Å². The second kappa shape index (κ2) is 7.64. The first kappa shape index (κ1) is 18.4. The number of esters is 1. The Kier molecular flexibility index (Phi) is 4.68. The third kappa shape index (κ3) is 3.30. The fraction of sp³-hybridized carbons (Fsp3) is 0.154. The summed E-state index contributed by atoms with van der Waals surface area (Å²) in [6.45, 7) is 0. The van der Waals surface area contributed by atoms with E-state index in [1.807, 2.05) is 66.7 Å². The summed E-state index contributed by atoms with van der Waals surface area (Å²) in [5.74, 6) is -0.559.